The molecule has 0 saturated heterocycles. The average molecular weight is 322 g/mol. The summed E-state index contributed by atoms with van der Waals surface area (Å²) in [6.07, 6.45) is 1.15. The normalized spacial score (nSPS) is 10.5. The Hall–Kier alpha value is -1.62. The molecule has 1 amide bonds. The fraction of sp³-hybridized carbons (Fsp3) is 0.286. The van der Waals surface area contributed by atoms with E-state index in [9.17, 15) is 4.79 Å². The highest BCUT2D eigenvalue weighted by Gasteiger charge is 2.09. The lowest BCUT2D eigenvalue weighted by Crippen LogP contribution is -2.12. The molecule has 0 atom stereocenters. The number of aromatic nitrogens is 2. The average Bonchev–Trinajstić information content (AvgIpc) is 2.67. The first-order chi connectivity index (χ1) is 9.06. The van der Waals surface area contributed by atoms with E-state index in [0.29, 0.717) is 12.8 Å². The van der Waals surface area contributed by atoms with E-state index in [1.165, 1.54) is 0 Å². The number of nitrogens with one attached hydrogen (secondary N) is 2. The van der Waals surface area contributed by atoms with Gasteiger partial charge in [-0.2, -0.15) is 5.10 Å². The van der Waals surface area contributed by atoms with Gasteiger partial charge in [0, 0.05) is 22.3 Å². The van der Waals surface area contributed by atoms with Gasteiger partial charge in [0.15, 0.2) is 0 Å². The third kappa shape index (κ3) is 3.67. The standard InChI is InChI=1S/C14H16BrN3O/c1-9-13(10(2)18-17-9)6-7-14(19)16-12-5-3-4-11(15)8-12/h3-5,8H,6-7H2,1-2H3,(H,16,19)(H,17,18). The van der Waals surface area contributed by atoms with Crippen molar-refractivity contribution in [1.29, 1.82) is 0 Å². The number of carbonyl (C=O) groups is 1. The van der Waals surface area contributed by atoms with Gasteiger partial charge in [-0.05, 0) is 44.0 Å². The zero-order valence-corrected chi connectivity index (χ0v) is 12.5. The first-order valence-electron chi connectivity index (χ1n) is 6.12. The lowest BCUT2D eigenvalue weighted by molar-refractivity contribution is -0.116. The number of hydrogen-bond donors (Lipinski definition) is 2. The summed E-state index contributed by atoms with van der Waals surface area (Å²) in [5.74, 6) is 0.0121. The van der Waals surface area contributed by atoms with Crippen molar-refractivity contribution >= 4 is 27.5 Å². The molecule has 4 nitrogen and oxygen atoms in total. The Morgan fingerprint density at radius 1 is 1.42 bits per heavy atom. The number of carbonyl (C=O) groups excluding carboxylic acids is 1. The molecule has 0 fully saturated rings. The van der Waals surface area contributed by atoms with Gasteiger partial charge in [0.1, 0.15) is 0 Å². The number of hydrogen-bond acceptors (Lipinski definition) is 2. The summed E-state index contributed by atoms with van der Waals surface area (Å²) in [6, 6.07) is 7.57. The Labute approximate surface area is 120 Å². The van der Waals surface area contributed by atoms with Crippen LogP contribution in [0.25, 0.3) is 0 Å². The smallest absolute Gasteiger partial charge is 0.224 e. The molecule has 0 aliphatic carbocycles. The van der Waals surface area contributed by atoms with E-state index in [1.54, 1.807) is 0 Å². The van der Waals surface area contributed by atoms with Gasteiger partial charge in [-0.3, -0.25) is 9.89 Å². The second-order valence-corrected chi connectivity index (χ2v) is 5.39. The van der Waals surface area contributed by atoms with Crippen molar-refractivity contribution in [2.45, 2.75) is 26.7 Å². The van der Waals surface area contributed by atoms with Crippen molar-refractivity contribution in [1.82, 2.24) is 10.2 Å². The van der Waals surface area contributed by atoms with Gasteiger partial charge in [0.05, 0.1) is 5.69 Å². The molecule has 2 aromatic rings. The minimum absolute atomic E-state index is 0.0121. The zero-order chi connectivity index (χ0) is 13.8. The number of rotatable bonds is 4. The van der Waals surface area contributed by atoms with Gasteiger partial charge in [0.25, 0.3) is 0 Å². The lowest BCUT2D eigenvalue weighted by atomic mass is 10.1. The van der Waals surface area contributed by atoms with Gasteiger partial charge in [-0.1, -0.05) is 22.0 Å². The summed E-state index contributed by atoms with van der Waals surface area (Å²) in [4.78, 5) is 11.9. The summed E-state index contributed by atoms with van der Waals surface area (Å²) in [6.45, 7) is 3.92. The Morgan fingerprint density at radius 2 is 2.21 bits per heavy atom. The minimum Gasteiger partial charge on any atom is -0.326 e. The van der Waals surface area contributed by atoms with Crippen LogP contribution in [0.2, 0.25) is 0 Å². The topological polar surface area (TPSA) is 57.8 Å². The van der Waals surface area contributed by atoms with Crippen LogP contribution in [-0.2, 0) is 11.2 Å². The van der Waals surface area contributed by atoms with E-state index in [2.05, 4.69) is 31.4 Å². The maximum Gasteiger partial charge on any atom is 0.224 e. The predicted molar refractivity (Wildman–Crippen MR) is 79.2 cm³/mol. The molecular weight excluding hydrogens is 306 g/mol. The highest BCUT2D eigenvalue weighted by molar-refractivity contribution is 9.10. The molecule has 0 radical (unpaired) electrons. The number of amides is 1. The molecule has 0 bridgehead atoms. The van der Waals surface area contributed by atoms with Crippen LogP contribution in [0.1, 0.15) is 23.4 Å². The number of anilines is 1. The molecule has 100 valence electrons. The van der Waals surface area contributed by atoms with Crippen molar-refractivity contribution in [3.8, 4) is 0 Å². The predicted octanol–water partition coefficient (Wildman–Crippen LogP) is 3.36. The number of benzene rings is 1. The Kier molecular flexibility index (Phi) is 4.37. The quantitative estimate of drug-likeness (QED) is 0.907. The van der Waals surface area contributed by atoms with Crippen molar-refractivity contribution in [2.24, 2.45) is 0 Å². The fourth-order valence-corrected chi connectivity index (χ4v) is 2.37. The van der Waals surface area contributed by atoms with Gasteiger partial charge >= 0.3 is 0 Å². The van der Waals surface area contributed by atoms with Gasteiger partial charge in [-0.15, -0.1) is 0 Å². The number of halogens is 1. The molecule has 0 aliphatic rings. The maximum absolute atomic E-state index is 11.9. The molecular formula is C14H16BrN3O. The molecule has 0 unspecified atom stereocenters. The third-order valence-corrected chi connectivity index (χ3v) is 3.48. The Bertz CT molecular complexity index is 573. The van der Waals surface area contributed by atoms with Crippen molar-refractivity contribution in [2.75, 3.05) is 5.32 Å². The van der Waals surface area contributed by atoms with Crippen LogP contribution < -0.4 is 5.32 Å². The summed E-state index contributed by atoms with van der Waals surface area (Å²) >= 11 is 3.38. The third-order valence-electron chi connectivity index (χ3n) is 2.99. The second kappa shape index (κ2) is 6.02. The van der Waals surface area contributed by atoms with Crippen LogP contribution in [0.4, 0.5) is 5.69 Å². The minimum atomic E-state index is 0.0121. The van der Waals surface area contributed by atoms with E-state index < -0.39 is 0 Å². The molecule has 0 spiro atoms. The number of nitrogens with zero attached hydrogens (tertiary/aromatic N) is 1. The number of aryl methyl sites for hydroxylation is 2. The largest absolute Gasteiger partial charge is 0.326 e. The van der Waals surface area contributed by atoms with Gasteiger partial charge in [0.2, 0.25) is 5.91 Å². The van der Waals surface area contributed by atoms with Crippen LogP contribution in [0.5, 0.6) is 0 Å². The van der Waals surface area contributed by atoms with E-state index >= 15 is 0 Å². The zero-order valence-electron chi connectivity index (χ0n) is 11.0. The van der Waals surface area contributed by atoms with Gasteiger partial charge in [-0.25, -0.2) is 0 Å². The van der Waals surface area contributed by atoms with Crippen molar-refractivity contribution in [3.05, 3.63) is 45.7 Å². The Balaban J connectivity index is 1.92. The first-order valence-corrected chi connectivity index (χ1v) is 6.91. The summed E-state index contributed by atoms with van der Waals surface area (Å²) in [5, 5.41) is 9.94. The van der Waals surface area contributed by atoms with Crippen LogP contribution in [0.3, 0.4) is 0 Å². The summed E-state index contributed by atoms with van der Waals surface area (Å²) < 4.78 is 0.951. The molecule has 2 rings (SSSR count). The monoisotopic (exact) mass is 321 g/mol. The van der Waals surface area contributed by atoms with E-state index in [0.717, 1.165) is 27.1 Å². The van der Waals surface area contributed by atoms with E-state index in [1.807, 2.05) is 38.1 Å². The second-order valence-electron chi connectivity index (χ2n) is 4.47. The van der Waals surface area contributed by atoms with Crippen LogP contribution in [-0.4, -0.2) is 16.1 Å². The molecule has 2 N–H and O–H groups in total. The van der Waals surface area contributed by atoms with E-state index in [4.69, 9.17) is 0 Å². The Morgan fingerprint density at radius 3 is 2.84 bits per heavy atom. The highest BCUT2D eigenvalue weighted by atomic mass is 79.9. The number of H-pyrrole nitrogens is 1. The maximum atomic E-state index is 11.9. The van der Waals surface area contributed by atoms with Crippen LogP contribution in [0, 0.1) is 13.8 Å². The van der Waals surface area contributed by atoms with Crippen LogP contribution >= 0.6 is 15.9 Å². The van der Waals surface area contributed by atoms with Gasteiger partial charge < -0.3 is 5.32 Å². The van der Waals surface area contributed by atoms with E-state index in [-0.39, 0.29) is 5.91 Å². The molecule has 5 heteroatoms. The molecule has 19 heavy (non-hydrogen) atoms. The fourth-order valence-electron chi connectivity index (χ4n) is 1.97. The molecule has 1 heterocycles. The van der Waals surface area contributed by atoms with Crippen LogP contribution in [0.15, 0.2) is 28.7 Å². The lowest BCUT2D eigenvalue weighted by Gasteiger charge is -2.05. The summed E-state index contributed by atoms with van der Waals surface area (Å²) in [5.41, 5.74) is 3.94. The molecule has 1 aromatic carbocycles. The molecule has 0 saturated carbocycles. The molecule has 0 aliphatic heterocycles. The SMILES string of the molecule is Cc1n[nH]c(C)c1CCC(=O)Nc1cccc(Br)c1. The highest BCUT2D eigenvalue weighted by Crippen LogP contribution is 2.16. The molecule has 1 aromatic heterocycles. The first kappa shape index (κ1) is 13.8. The van der Waals surface area contributed by atoms with Crippen molar-refractivity contribution in [3.63, 3.8) is 0 Å². The van der Waals surface area contributed by atoms with Crippen molar-refractivity contribution < 1.29 is 4.79 Å². The number of aromatic amines is 1. The summed E-state index contributed by atoms with van der Waals surface area (Å²) in [7, 11) is 0.